The lowest BCUT2D eigenvalue weighted by Crippen LogP contribution is -2.39. The Balaban J connectivity index is 1.80. The van der Waals surface area contributed by atoms with Crippen LogP contribution in [0.1, 0.15) is 46.0 Å². The highest BCUT2D eigenvalue weighted by atomic mass is 16.5. The lowest BCUT2D eigenvalue weighted by atomic mass is 9.81. The van der Waals surface area contributed by atoms with Crippen molar-refractivity contribution in [3.05, 3.63) is 24.3 Å². The number of ether oxygens (including phenoxy) is 1. The van der Waals surface area contributed by atoms with E-state index >= 15 is 0 Å². The second kappa shape index (κ2) is 8.71. The molecule has 0 bridgehead atoms. The number of nitrogens with one attached hydrogen (secondary N) is 2. The molecule has 1 aromatic rings. The van der Waals surface area contributed by atoms with Crippen LogP contribution >= 0.6 is 0 Å². The van der Waals surface area contributed by atoms with Gasteiger partial charge in [-0.3, -0.25) is 9.59 Å². The molecule has 24 heavy (non-hydrogen) atoms. The molecule has 1 aliphatic rings. The van der Waals surface area contributed by atoms with Gasteiger partial charge in [0.2, 0.25) is 11.8 Å². The van der Waals surface area contributed by atoms with Crippen LogP contribution in [0.5, 0.6) is 5.75 Å². The molecule has 0 saturated heterocycles. The van der Waals surface area contributed by atoms with E-state index in [4.69, 9.17) is 4.74 Å². The molecule has 5 heteroatoms. The molecule has 0 aromatic heterocycles. The Labute approximate surface area is 144 Å². The van der Waals surface area contributed by atoms with E-state index in [1.165, 1.54) is 0 Å². The number of hydrogen-bond acceptors (Lipinski definition) is 3. The average molecular weight is 332 g/mol. The maximum absolute atomic E-state index is 12.4. The Kier molecular flexibility index (Phi) is 6.64. The summed E-state index contributed by atoms with van der Waals surface area (Å²) in [5, 5.41) is 6.00. The number of carbonyl (C=O) groups is 2. The first kappa shape index (κ1) is 18.3. The van der Waals surface area contributed by atoms with Crippen molar-refractivity contribution in [2.24, 2.45) is 11.8 Å². The first-order chi connectivity index (χ1) is 11.5. The summed E-state index contributed by atoms with van der Waals surface area (Å²) in [5.74, 6) is 0.976. The van der Waals surface area contributed by atoms with Crippen molar-refractivity contribution in [1.82, 2.24) is 5.32 Å². The van der Waals surface area contributed by atoms with Gasteiger partial charge in [0.25, 0.3) is 0 Å². The molecular formula is C19H28N2O3. The van der Waals surface area contributed by atoms with Gasteiger partial charge in [-0.1, -0.05) is 6.92 Å². The number of benzene rings is 1. The van der Waals surface area contributed by atoms with E-state index < -0.39 is 0 Å². The number of carbonyl (C=O) groups excluding carboxylic acids is 2. The topological polar surface area (TPSA) is 67.4 Å². The third kappa shape index (κ3) is 4.98. The molecule has 0 aliphatic heterocycles. The third-order valence-corrected chi connectivity index (χ3v) is 4.83. The maximum atomic E-state index is 12.4. The molecule has 0 heterocycles. The van der Waals surface area contributed by atoms with Gasteiger partial charge in [-0.05, 0) is 63.3 Å². The molecule has 1 aromatic carbocycles. The van der Waals surface area contributed by atoms with Crippen LogP contribution in [0.4, 0.5) is 5.69 Å². The van der Waals surface area contributed by atoms with Gasteiger partial charge < -0.3 is 15.4 Å². The van der Waals surface area contributed by atoms with Crippen LogP contribution in [-0.2, 0) is 9.59 Å². The van der Waals surface area contributed by atoms with E-state index in [1.807, 2.05) is 31.2 Å². The molecule has 1 saturated carbocycles. The highest BCUT2D eigenvalue weighted by Gasteiger charge is 2.30. The number of methoxy groups -OCH3 is 1. The number of amides is 2. The zero-order valence-electron chi connectivity index (χ0n) is 14.8. The largest absolute Gasteiger partial charge is 0.497 e. The Hall–Kier alpha value is -2.04. The van der Waals surface area contributed by atoms with Crippen molar-refractivity contribution in [3.8, 4) is 5.75 Å². The molecule has 2 N–H and O–H groups in total. The standard InChI is InChI=1S/C19H28N2O3/c1-4-13(2)20-18(22)14-5-7-15(8-6-14)19(23)21-16-9-11-17(24-3)12-10-16/h9-15H,4-8H2,1-3H3,(H,20,22)(H,21,23). The molecule has 2 amide bonds. The molecule has 1 atom stereocenters. The summed E-state index contributed by atoms with van der Waals surface area (Å²) in [6, 6.07) is 7.54. The van der Waals surface area contributed by atoms with Gasteiger partial charge in [0.15, 0.2) is 0 Å². The quantitative estimate of drug-likeness (QED) is 0.839. The van der Waals surface area contributed by atoms with Gasteiger partial charge in [-0.15, -0.1) is 0 Å². The monoisotopic (exact) mass is 332 g/mol. The summed E-state index contributed by atoms with van der Waals surface area (Å²) in [5.41, 5.74) is 0.775. The molecule has 0 radical (unpaired) electrons. The molecule has 132 valence electrons. The molecular weight excluding hydrogens is 304 g/mol. The Morgan fingerprint density at radius 2 is 1.62 bits per heavy atom. The van der Waals surface area contributed by atoms with Gasteiger partial charge >= 0.3 is 0 Å². The predicted octanol–water partition coefficient (Wildman–Crippen LogP) is 3.35. The van der Waals surface area contributed by atoms with Crippen LogP contribution in [0.25, 0.3) is 0 Å². The molecule has 1 fully saturated rings. The van der Waals surface area contributed by atoms with Crippen molar-refractivity contribution >= 4 is 17.5 Å². The summed E-state index contributed by atoms with van der Waals surface area (Å²) in [6.07, 6.45) is 4.03. The van der Waals surface area contributed by atoms with Crippen molar-refractivity contribution < 1.29 is 14.3 Å². The predicted molar refractivity (Wildman–Crippen MR) is 95.0 cm³/mol. The normalized spacial score (nSPS) is 21.6. The van der Waals surface area contributed by atoms with Gasteiger partial charge in [-0.25, -0.2) is 0 Å². The minimum absolute atomic E-state index is 0.0141. The van der Waals surface area contributed by atoms with Gasteiger partial charge in [0.1, 0.15) is 5.75 Å². The summed E-state index contributed by atoms with van der Waals surface area (Å²) in [6.45, 7) is 4.08. The number of hydrogen-bond donors (Lipinski definition) is 2. The van der Waals surface area contributed by atoms with Gasteiger partial charge in [0, 0.05) is 23.6 Å². The third-order valence-electron chi connectivity index (χ3n) is 4.83. The van der Waals surface area contributed by atoms with Crippen LogP contribution < -0.4 is 15.4 Å². The molecule has 5 nitrogen and oxygen atoms in total. The van der Waals surface area contributed by atoms with E-state index in [2.05, 4.69) is 17.6 Å². The van der Waals surface area contributed by atoms with Crippen molar-refractivity contribution in [3.63, 3.8) is 0 Å². The minimum atomic E-state index is -0.0141. The SMILES string of the molecule is CCC(C)NC(=O)C1CCC(C(=O)Nc2ccc(OC)cc2)CC1. The minimum Gasteiger partial charge on any atom is -0.497 e. The lowest BCUT2D eigenvalue weighted by molar-refractivity contribution is -0.129. The van der Waals surface area contributed by atoms with Gasteiger partial charge in [-0.2, -0.15) is 0 Å². The van der Waals surface area contributed by atoms with Gasteiger partial charge in [0.05, 0.1) is 7.11 Å². The summed E-state index contributed by atoms with van der Waals surface area (Å²) < 4.78 is 5.11. The lowest BCUT2D eigenvalue weighted by Gasteiger charge is -2.28. The fourth-order valence-electron chi connectivity index (χ4n) is 3.00. The Morgan fingerprint density at radius 3 is 2.12 bits per heavy atom. The van der Waals surface area contributed by atoms with Crippen LogP contribution in [0.2, 0.25) is 0 Å². The van der Waals surface area contributed by atoms with E-state index in [1.54, 1.807) is 7.11 Å². The first-order valence-corrected chi connectivity index (χ1v) is 8.78. The second-order valence-electron chi connectivity index (χ2n) is 6.58. The van der Waals surface area contributed by atoms with Crippen LogP contribution in [0, 0.1) is 11.8 Å². The van der Waals surface area contributed by atoms with Crippen LogP contribution in [-0.4, -0.2) is 25.0 Å². The highest BCUT2D eigenvalue weighted by Crippen LogP contribution is 2.30. The zero-order chi connectivity index (χ0) is 17.5. The first-order valence-electron chi connectivity index (χ1n) is 8.78. The second-order valence-corrected chi connectivity index (χ2v) is 6.58. The van der Waals surface area contributed by atoms with Crippen LogP contribution in [0.3, 0.4) is 0 Å². The molecule has 2 rings (SSSR count). The smallest absolute Gasteiger partial charge is 0.227 e. The number of anilines is 1. The molecule has 1 unspecified atom stereocenters. The molecule has 1 aliphatic carbocycles. The van der Waals surface area contributed by atoms with Crippen molar-refractivity contribution in [2.75, 3.05) is 12.4 Å². The zero-order valence-corrected chi connectivity index (χ0v) is 14.8. The van der Waals surface area contributed by atoms with Crippen molar-refractivity contribution in [1.29, 1.82) is 0 Å². The van der Waals surface area contributed by atoms with Crippen molar-refractivity contribution in [2.45, 2.75) is 52.0 Å². The Bertz CT molecular complexity index is 548. The summed E-state index contributed by atoms with van der Waals surface area (Å²) >= 11 is 0. The van der Waals surface area contributed by atoms with E-state index in [-0.39, 0.29) is 29.7 Å². The summed E-state index contributed by atoms with van der Waals surface area (Å²) in [7, 11) is 1.61. The Morgan fingerprint density at radius 1 is 1.08 bits per heavy atom. The van der Waals surface area contributed by atoms with Crippen LogP contribution in [0.15, 0.2) is 24.3 Å². The maximum Gasteiger partial charge on any atom is 0.227 e. The summed E-state index contributed by atoms with van der Waals surface area (Å²) in [4.78, 5) is 24.6. The number of rotatable bonds is 6. The van der Waals surface area contributed by atoms with E-state index in [9.17, 15) is 9.59 Å². The molecule has 0 spiro atoms. The van der Waals surface area contributed by atoms with E-state index in [0.717, 1.165) is 43.5 Å². The fourth-order valence-corrected chi connectivity index (χ4v) is 3.00. The highest BCUT2D eigenvalue weighted by molar-refractivity contribution is 5.92. The van der Waals surface area contributed by atoms with E-state index in [0.29, 0.717) is 0 Å². The average Bonchev–Trinajstić information content (AvgIpc) is 2.62. The fraction of sp³-hybridized carbons (Fsp3) is 0.579.